The lowest BCUT2D eigenvalue weighted by Gasteiger charge is -2.12. The summed E-state index contributed by atoms with van der Waals surface area (Å²) in [4.78, 5) is 15.6. The van der Waals surface area contributed by atoms with Crippen molar-refractivity contribution in [3.63, 3.8) is 0 Å². The Labute approximate surface area is 292 Å². The van der Waals surface area contributed by atoms with Gasteiger partial charge in [0.05, 0.1) is 0 Å². The predicted molar refractivity (Wildman–Crippen MR) is 211 cm³/mol. The summed E-state index contributed by atoms with van der Waals surface area (Å²) in [5.41, 5.74) is 4.45. The number of benzene rings is 9. The van der Waals surface area contributed by atoms with E-state index >= 15 is 0 Å². The van der Waals surface area contributed by atoms with Gasteiger partial charge in [0, 0.05) is 32.8 Å². The average Bonchev–Trinajstić information content (AvgIpc) is 3.57. The first-order valence-electron chi connectivity index (χ1n) is 17.2. The molecule has 4 nitrogen and oxygen atoms in total. The molecule has 0 aliphatic carbocycles. The molecular weight excluding hydrogens is 623 g/mol. The summed E-state index contributed by atoms with van der Waals surface area (Å²) >= 11 is 0. The van der Waals surface area contributed by atoms with Gasteiger partial charge in [-0.05, 0) is 72.7 Å². The second kappa shape index (κ2) is 10.8. The largest absolute Gasteiger partial charge is 0.455 e. The van der Waals surface area contributed by atoms with Crippen molar-refractivity contribution in [1.29, 1.82) is 0 Å². The fraction of sp³-hybridized carbons (Fsp3) is 0. The molecular formula is C47H27N3O. The van der Waals surface area contributed by atoms with Gasteiger partial charge in [0.1, 0.15) is 11.2 Å². The molecule has 0 fully saturated rings. The van der Waals surface area contributed by atoms with Crippen LogP contribution in [-0.4, -0.2) is 15.0 Å². The first-order valence-corrected chi connectivity index (χ1v) is 17.2. The third kappa shape index (κ3) is 4.37. The highest BCUT2D eigenvalue weighted by Crippen LogP contribution is 2.44. The van der Waals surface area contributed by atoms with Gasteiger partial charge >= 0.3 is 0 Å². The summed E-state index contributed by atoms with van der Waals surface area (Å²) in [7, 11) is 0. The molecule has 2 aromatic heterocycles. The lowest BCUT2D eigenvalue weighted by molar-refractivity contribution is 0.673. The van der Waals surface area contributed by atoms with Crippen LogP contribution in [0.5, 0.6) is 0 Å². The van der Waals surface area contributed by atoms with Crippen LogP contribution in [-0.2, 0) is 0 Å². The minimum Gasteiger partial charge on any atom is -0.455 e. The smallest absolute Gasteiger partial charge is 0.164 e. The van der Waals surface area contributed by atoms with Gasteiger partial charge in [-0.1, -0.05) is 140 Å². The molecule has 0 bridgehead atoms. The number of nitrogens with zero attached hydrogens (tertiary/aromatic N) is 3. The lowest BCUT2D eigenvalue weighted by Crippen LogP contribution is -2.00. The molecule has 0 aliphatic rings. The van der Waals surface area contributed by atoms with Crippen LogP contribution in [0.15, 0.2) is 168 Å². The molecule has 11 rings (SSSR count). The van der Waals surface area contributed by atoms with Crippen LogP contribution >= 0.6 is 0 Å². The number of hydrogen-bond acceptors (Lipinski definition) is 4. The Kier molecular flexibility index (Phi) is 5.92. The fourth-order valence-corrected chi connectivity index (χ4v) is 7.79. The molecule has 51 heavy (non-hydrogen) atoms. The molecule has 0 saturated carbocycles. The Morgan fingerprint density at radius 1 is 0.333 bits per heavy atom. The van der Waals surface area contributed by atoms with Gasteiger partial charge in [0.15, 0.2) is 17.5 Å². The Morgan fingerprint density at radius 2 is 0.922 bits per heavy atom. The Morgan fingerprint density at radius 3 is 1.73 bits per heavy atom. The third-order valence-electron chi connectivity index (χ3n) is 10.2. The summed E-state index contributed by atoms with van der Waals surface area (Å²) in [5, 5.41) is 13.6. The van der Waals surface area contributed by atoms with Gasteiger partial charge < -0.3 is 4.42 Å². The summed E-state index contributed by atoms with van der Waals surface area (Å²) < 4.78 is 6.89. The molecule has 236 valence electrons. The van der Waals surface area contributed by atoms with Crippen LogP contribution in [0.25, 0.3) is 110 Å². The van der Waals surface area contributed by atoms with Crippen molar-refractivity contribution in [2.75, 3.05) is 0 Å². The molecule has 0 saturated heterocycles. The van der Waals surface area contributed by atoms with Crippen molar-refractivity contribution in [1.82, 2.24) is 15.0 Å². The summed E-state index contributed by atoms with van der Waals surface area (Å²) in [6, 6.07) is 57.5. The van der Waals surface area contributed by atoms with Gasteiger partial charge in [0.25, 0.3) is 0 Å². The van der Waals surface area contributed by atoms with Crippen LogP contribution in [0.4, 0.5) is 0 Å². The van der Waals surface area contributed by atoms with Gasteiger partial charge in [0.2, 0.25) is 0 Å². The van der Waals surface area contributed by atoms with Gasteiger partial charge in [-0.25, -0.2) is 15.0 Å². The van der Waals surface area contributed by atoms with E-state index in [2.05, 4.69) is 146 Å². The number of fused-ring (bicyclic) bond motifs is 11. The van der Waals surface area contributed by atoms with Crippen LogP contribution in [0.2, 0.25) is 0 Å². The third-order valence-corrected chi connectivity index (χ3v) is 10.2. The number of rotatable bonds is 3. The molecule has 0 aliphatic heterocycles. The maximum Gasteiger partial charge on any atom is 0.164 e. The van der Waals surface area contributed by atoms with E-state index in [1.54, 1.807) is 0 Å². The van der Waals surface area contributed by atoms with Crippen LogP contribution < -0.4 is 0 Å². The van der Waals surface area contributed by atoms with E-state index in [1.807, 2.05) is 18.2 Å². The lowest BCUT2D eigenvalue weighted by atomic mass is 9.95. The zero-order chi connectivity index (χ0) is 33.5. The zero-order valence-electron chi connectivity index (χ0n) is 27.3. The van der Waals surface area contributed by atoms with E-state index in [0.29, 0.717) is 17.5 Å². The van der Waals surface area contributed by atoms with E-state index in [4.69, 9.17) is 19.4 Å². The minimum atomic E-state index is 0.605. The second-order valence-electron chi connectivity index (χ2n) is 13.2. The van der Waals surface area contributed by atoms with Crippen molar-refractivity contribution in [3.05, 3.63) is 164 Å². The van der Waals surface area contributed by atoms with Crippen LogP contribution in [0.3, 0.4) is 0 Å². The molecule has 0 atom stereocenters. The minimum absolute atomic E-state index is 0.605. The predicted octanol–water partition coefficient (Wildman–Crippen LogP) is 12.5. The Bertz CT molecular complexity index is 3200. The monoisotopic (exact) mass is 649 g/mol. The topological polar surface area (TPSA) is 51.8 Å². The molecule has 0 unspecified atom stereocenters. The Balaban J connectivity index is 1.24. The standard InChI is InChI=1S/C47H27N3O/c1-2-12-30(13-3-1)45-48-46(35-22-23-37-33(24-35)20-18-28-10-6-8-16-36(28)37)50-47(49-45)40-26-34-21-19-29-11-7-9-17-38(29)42(34)44-43(40)39-25-31-14-4-5-15-32(31)27-41(39)51-44/h1-27H. The fourth-order valence-electron chi connectivity index (χ4n) is 7.79. The summed E-state index contributed by atoms with van der Waals surface area (Å²) in [6.07, 6.45) is 0. The summed E-state index contributed by atoms with van der Waals surface area (Å²) in [6.45, 7) is 0. The van der Waals surface area contributed by atoms with Crippen molar-refractivity contribution < 1.29 is 4.42 Å². The van der Waals surface area contributed by atoms with Gasteiger partial charge in [-0.15, -0.1) is 0 Å². The number of hydrogen-bond donors (Lipinski definition) is 0. The second-order valence-corrected chi connectivity index (χ2v) is 13.2. The number of furan rings is 1. The van der Waals surface area contributed by atoms with E-state index in [9.17, 15) is 0 Å². The van der Waals surface area contributed by atoms with Gasteiger partial charge in [-0.3, -0.25) is 0 Å². The highest BCUT2D eigenvalue weighted by atomic mass is 16.3. The first-order chi connectivity index (χ1) is 25.2. The van der Waals surface area contributed by atoms with E-state index in [0.717, 1.165) is 70.9 Å². The summed E-state index contributed by atoms with van der Waals surface area (Å²) in [5.74, 6) is 1.85. The molecule has 0 N–H and O–H groups in total. The van der Waals surface area contributed by atoms with E-state index in [1.165, 1.54) is 21.5 Å². The zero-order valence-corrected chi connectivity index (χ0v) is 27.3. The van der Waals surface area contributed by atoms with Crippen molar-refractivity contribution in [3.8, 4) is 34.2 Å². The maximum absolute atomic E-state index is 6.89. The molecule has 11 aromatic rings. The Hall–Kier alpha value is -6.91. The molecule has 2 heterocycles. The SMILES string of the molecule is c1ccc(-c2nc(-c3ccc4c(ccc5ccccc54)c3)nc(-c3cc4ccc5ccccc5c4c4oc5cc6ccccc6cc5c34)n2)cc1. The molecule has 9 aromatic carbocycles. The average molecular weight is 650 g/mol. The molecule has 0 radical (unpaired) electrons. The normalized spacial score (nSPS) is 11.9. The van der Waals surface area contributed by atoms with E-state index in [-0.39, 0.29) is 0 Å². The van der Waals surface area contributed by atoms with Gasteiger partial charge in [-0.2, -0.15) is 0 Å². The van der Waals surface area contributed by atoms with Crippen molar-refractivity contribution >= 4 is 75.8 Å². The first kappa shape index (κ1) is 28.0. The number of aromatic nitrogens is 3. The van der Waals surface area contributed by atoms with Crippen LogP contribution in [0.1, 0.15) is 0 Å². The highest BCUT2D eigenvalue weighted by molar-refractivity contribution is 6.27. The maximum atomic E-state index is 6.89. The van der Waals surface area contributed by atoms with Crippen molar-refractivity contribution in [2.45, 2.75) is 0 Å². The van der Waals surface area contributed by atoms with Crippen LogP contribution in [0, 0.1) is 0 Å². The quantitative estimate of drug-likeness (QED) is 0.179. The van der Waals surface area contributed by atoms with E-state index < -0.39 is 0 Å². The molecule has 0 spiro atoms. The molecule has 0 amide bonds. The molecule has 4 heteroatoms. The van der Waals surface area contributed by atoms with Crippen molar-refractivity contribution in [2.24, 2.45) is 0 Å². The highest BCUT2D eigenvalue weighted by Gasteiger charge is 2.22.